The van der Waals surface area contributed by atoms with Crippen LogP contribution in [0.25, 0.3) is 0 Å². The first-order valence-electron chi connectivity index (χ1n) is 16.0. The Bertz CT molecular complexity index is 1220. The van der Waals surface area contributed by atoms with Gasteiger partial charge in [0.25, 0.3) is 0 Å². The highest BCUT2D eigenvalue weighted by atomic mass is 16.6. The molecule has 1 aliphatic carbocycles. The van der Waals surface area contributed by atoms with Gasteiger partial charge in [0.1, 0.15) is 18.7 Å². The van der Waals surface area contributed by atoms with Crippen LogP contribution in [0.3, 0.4) is 0 Å². The summed E-state index contributed by atoms with van der Waals surface area (Å²) in [4.78, 5) is 65.1. The summed E-state index contributed by atoms with van der Waals surface area (Å²) in [5.41, 5.74) is 0.836. The molecule has 1 saturated heterocycles. The summed E-state index contributed by atoms with van der Waals surface area (Å²) < 4.78 is 11.4. The maximum absolute atomic E-state index is 13.8. The highest BCUT2D eigenvalue weighted by Crippen LogP contribution is 2.24. The molecule has 2 aliphatic rings. The monoisotopic (exact) mass is 626 g/mol. The minimum absolute atomic E-state index is 0.0202. The van der Waals surface area contributed by atoms with E-state index in [9.17, 15) is 24.0 Å². The van der Waals surface area contributed by atoms with Gasteiger partial charge in [-0.3, -0.25) is 19.2 Å². The minimum Gasteiger partial charge on any atom is -0.445 e. The van der Waals surface area contributed by atoms with Crippen LogP contribution in [0.2, 0.25) is 0 Å². The molecule has 4 amide bonds. The quantitative estimate of drug-likeness (QED) is 0.230. The molecule has 1 aromatic carbocycles. The molecule has 1 aliphatic heterocycles. The van der Waals surface area contributed by atoms with E-state index < -0.39 is 47.7 Å². The lowest BCUT2D eigenvalue weighted by atomic mass is 9.95. The summed E-state index contributed by atoms with van der Waals surface area (Å²) in [5.74, 6) is -1.29. The predicted octanol–water partition coefficient (Wildman–Crippen LogP) is 3.71. The second-order valence-electron chi connectivity index (χ2n) is 13.4. The molecule has 4 N–H and O–H groups in total. The largest absolute Gasteiger partial charge is 0.445 e. The average molecular weight is 627 g/mol. The van der Waals surface area contributed by atoms with Crippen LogP contribution in [0.1, 0.15) is 85.6 Å². The summed E-state index contributed by atoms with van der Waals surface area (Å²) in [7, 11) is 0. The van der Waals surface area contributed by atoms with Gasteiger partial charge in [0.15, 0.2) is 5.78 Å². The Morgan fingerprint density at radius 3 is 2.29 bits per heavy atom. The number of hydrogen-bond acceptors (Lipinski definition) is 7. The molecule has 45 heavy (non-hydrogen) atoms. The average Bonchev–Trinajstić information content (AvgIpc) is 3.56. The number of nitrogens with one attached hydrogen (secondary N) is 4. The number of rotatable bonds is 14. The third-order valence-corrected chi connectivity index (χ3v) is 7.76. The Labute approximate surface area is 266 Å². The number of ketones is 1. The molecule has 3 rings (SSSR count). The van der Waals surface area contributed by atoms with Crippen molar-refractivity contribution >= 4 is 29.6 Å². The van der Waals surface area contributed by atoms with E-state index in [0.717, 1.165) is 12.0 Å². The molecule has 1 aromatic rings. The third kappa shape index (κ3) is 11.9. The van der Waals surface area contributed by atoms with Crippen molar-refractivity contribution in [3.63, 3.8) is 0 Å². The first kappa shape index (κ1) is 35.7. The van der Waals surface area contributed by atoms with Gasteiger partial charge in [-0.1, -0.05) is 50.3 Å². The summed E-state index contributed by atoms with van der Waals surface area (Å²) in [6, 6.07) is 6.51. The van der Waals surface area contributed by atoms with Gasteiger partial charge < -0.3 is 30.7 Å². The molecule has 11 heteroatoms. The maximum Gasteiger partial charge on any atom is 0.408 e. The Morgan fingerprint density at radius 1 is 1.00 bits per heavy atom. The first-order chi connectivity index (χ1) is 21.2. The van der Waals surface area contributed by atoms with E-state index in [1.54, 1.807) is 13.0 Å². The van der Waals surface area contributed by atoms with Gasteiger partial charge in [-0.2, -0.15) is 0 Å². The topological polar surface area (TPSA) is 152 Å². The number of benzene rings is 1. The van der Waals surface area contributed by atoms with E-state index in [1.807, 2.05) is 65.0 Å². The van der Waals surface area contributed by atoms with Crippen LogP contribution in [-0.4, -0.2) is 66.0 Å². The zero-order valence-electron chi connectivity index (χ0n) is 27.4. The molecular weight excluding hydrogens is 576 g/mol. The van der Waals surface area contributed by atoms with Crippen LogP contribution in [0.4, 0.5) is 4.79 Å². The molecule has 0 radical (unpaired) electrons. The Balaban J connectivity index is 1.77. The van der Waals surface area contributed by atoms with E-state index in [2.05, 4.69) is 21.3 Å². The van der Waals surface area contributed by atoms with E-state index in [0.29, 0.717) is 44.2 Å². The molecule has 1 saturated carbocycles. The molecular formula is C34H50N4O7. The van der Waals surface area contributed by atoms with Crippen LogP contribution >= 0.6 is 0 Å². The van der Waals surface area contributed by atoms with Gasteiger partial charge in [-0.15, -0.1) is 0 Å². The van der Waals surface area contributed by atoms with Crippen molar-refractivity contribution in [2.24, 2.45) is 11.8 Å². The van der Waals surface area contributed by atoms with Crippen molar-refractivity contribution in [2.75, 3.05) is 6.54 Å². The van der Waals surface area contributed by atoms with Crippen LogP contribution in [0.5, 0.6) is 0 Å². The zero-order valence-corrected chi connectivity index (χ0v) is 27.4. The number of allylic oxidation sites excluding steroid dienone is 1. The number of amides is 4. The number of hydrogen-bond donors (Lipinski definition) is 4. The fourth-order valence-corrected chi connectivity index (χ4v) is 5.66. The molecule has 1 unspecified atom stereocenters. The summed E-state index contributed by atoms with van der Waals surface area (Å²) >= 11 is 0. The highest BCUT2D eigenvalue weighted by Gasteiger charge is 2.35. The SMILES string of the molecule is CC(C)C[C@H](NC(=O)[C@@H](NC(=O)OCc1ccccc1)C(C)OC(C)(C)C)C(=O)N[C@H](/C=C1\CCCC1=O)C[C@@H]1CCNC1=O. The van der Waals surface area contributed by atoms with Crippen molar-refractivity contribution in [1.82, 2.24) is 21.3 Å². The number of ether oxygens (including phenoxy) is 2. The standard InChI is InChI=1S/C34H50N4O7/c1-21(2)17-27(31(41)36-26(18-24-13-10-14-28(24)39)19-25-15-16-35-30(25)40)37-32(42)29(22(3)45-34(4,5)6)38-33(43)44-20-23-11-8-7-9-12-23/h7-9,11-12,18,21-22,25-27,29H,10,13-17,19-20H2,1-6H3,(H,35,40)(H,36,41)(H,37,42)(H,38,43)/b24-18+/t22?,25-,26+,27-,29-/m0/s1. The zero-order chi connectivity index (χ0) is 33.1. The van der Waals surface area contributed by atoms with Crippen molar-refractivity contribution in [2.45, 2.75) is 117 Å². The van der Waals surface area contributed by atoms with E-state index >= 15 is 0 Å². The molecule has 248 valence electrons. The van der Waals surface area contributed by atoms with E-state index in [4.69, 9.17) is 9.47 Å². The first-order valence-corrected chi connectivity index (χ1v) is 16.0. The van der Waals surface area contributed by atoms with Gasteiger partial charge in [-0.25, -0.2) is 4.79 Å². The van der Waals surface area contributed by atoms with Gasteiger partial charge in [0.2, 0.25) is 17.7 Å². The Kier molecular flexibility index (Phi) is 13.1. The predicted molar refractivity (Wildman–Crippen MR) is 170 cm³/mol. The number of carbonyl (C=O) groups excluding carboxylic acids is 5. The lowest BCUT2D eigenvalue weighted by molar-refractivity contribution is -0.135. The molecule has 0 bridgehead atoms. The lowest BCUT2D eigenvalue weighted by Gasteiger charge is -2.32. The number of carbonyl (C=O) groups is 5. The molecule has 0 aromatic heterocycles. The van der Waals surface area contributed by atoms with Crippen LogP contribution in [-0.2, 0) is 35.3 Å². The van der Waals surface area contributed by atoms with Crippen molar-refractivity contribution in [3.8, 4) is 0 Å². The van der Waals surface area contributed by atoms with Crippen molar-refractivity contribution in [3.05, 3.63) is 47.5 Å². The highest BCUT2D eigenvalue weighted by molar-refractivity contribution is 5.97. The van der Waals surface area contributed by atoms with Crippen LogP contribution in [0, 0.1) is 11.8 Å². The molecule has 11 nitrogen and oxygen atoms in total. The maximum atomic E-state index is 13.8. The Morgan fingerprint density at radius 2 is 1.71 bits per heavy atom. The molecule has 0 spiro atoms. The van der Waals surface area contributed by atoms with Gasteiger partial charge in [-0.05, 0) is 76.9 Å². The fraction of sp³-hybridized carbons (Fsp3) is 0.618. The van der Waals surface area contributed by atoms with Crippen LogP contribution in [0.15, 0.2) is 42.0 Å². The second-order valence-corrected chi connectivity index (χ2v) is 13.4. The van der Waals surface area contributed by atoms with E-state index in [1.165, 1.54) is 0 Å². The van der Waals surface area contributed by atoms with Gasteiger partial charge in [0, 0.05) is 24.9 Å². The van der Waals surface area contributed by atoms with Gasteiger partial charge >= 0.3 is 6.09 Å². The molecule has 1 heterocycles. The third-order valence-electron chi connectivity index (χ3n) is 7.76. The Hall–Kier alpha value is -3.73. The summed E-state index contributed by atoms with van der Waals surface area (Å²) in [5, 5.41) is 11.3. The number of alkyl carbamates (subject to hydrolysis) is 1. The van der Waals surface area contributed by atoms with E-state index in [-0.39, 0.29) is 30.1 Å². The van der Waals surface area contributed by atoms with Gasteiger partial charge in [0.05, 0.1) is 11.7 Å². The fourth-order valence-electron chi connectivity index (χ4n) is 5.66. The second kappa shape index (κ2) is 16.5. The van der Waals surface area contributed by atoms with Crippen molar-refractivity contribution < 1.29 is 33.4 Å². The minimum atomic E-state index is -1.16. The normalized spacial score (nSPS) is 20.3. The number of Topliss-reactive ketones (excluding diaryl/α,β-unsaturated/α-hetero) is 1. The smallest absolute Gasteiger partial charge is 0.408 e. The summed E-state index contributed by atoms with van der Waals surface area (Å²) in [6.45, 7) is 11.7. The molecule has 5 atom stereocenters. The lowest BCUT2D eigenvalue weighted by Crippen LogP contribution is -2.59. The summed E-state index contributed by atoms with van der Waals surface area (Å²) in [6.07, 6.45) is 3.41. The molecule has 2 fully saturated rings. The van der Waals surface area contributed by atoms with Crippen molar-refractivity contribution in [1.29, 1.82) is 0 Å². The van der Waals surface area contributed by atoms with Crippen LogP contribution < -0.4 is 21.3 Å².